The van der Waals surface area contributed by atoms with Gasteiger partial charge in [0, 0.05) is 6.54 Å². The second-order valence-corrected chi connectivity index (χ2v) is 6.54. The molecule has 2 aromatic rings. The third-order valence-corrected chi connectivity index (χ3v) is 4.14. The maximum Gasteiger partial charge on any atom is 0.339 e. The number of methoxy groups -OCH3 is 1. The zero-order chi connectivity index (χ0) is 21.4. The minimum Gasteiger partial charge on any atom is -0.496 e. The number of nitrogens with zero attached hydrogens (tertiary/aromatic N) is 1. The summed E-state index contributed by atoms with van der Waals surface area (Å²) in [4.78, 5) is 34.9. The van der Waals surface area contributed by atoms with Crippen LogP contribution in [0.5, 0.6) is 5.75 Å². The number of nitrogens with one attached hydrogen (secondary N) is 2. The zero-order valence-electron chi connectivity index (χ0n) is 16.4. The molecule has 0 radical (unpaired) electrons. The van der Waals surface area contributed by atoms with Crippen molar-refractivity contribution in [2.45, 2.75) is 26.3 Å². The molecule has 0 aromatic heterocycles. The fourth-order valence-electron chi connectivity index (χ4n) is 2.47. The van der Waals surface area contributed by atoms with Crippen LogP contribution in [-0.4, -0.2) is 36.2 Å². The maximum absolute atomic E-state index is 11.9. The quantitative estimate of drug-likeness (QED) is 0.376. The number of carboxylic acids is 1. The molecule has 8 heteroatoms. The van der Waals surface area contributed by atoms with Crippen molar-refractivity contribution in [1.82, 2.24) is 10.7 Å². The molecule has 0 saturated carbocycles. The van der Waals surface area contributed by atoms with E-state index in [4.69, 9.17) is 9.84 Å². The van der Waals surface area contributed by atoms with E-state index in [9.17, 15) is 14.4 Å². The topological polar surface area (TPSA) is 117 Å². The van der Waals surface area contributed by atoms with Gasteiger partial charge in [0.2, 0.25) is 0 Å². The van der Waals surface area contributed by atoms with Crippen LogP contribution in [0.25, 0.3) is 0 Å². The fourth-order valence-corrected chi connectivity index (χ4v) is 2.47. The van der Waals surface area contributed by atoms with Crippen LogP contribution < -0.4 is 15.5 Å². The molecule has 2 aromatic carbocycles. The van der Waals surface area contributed by atoms with Gasteiger partial charge in [-0.1, -0.05) is 38.1 Å². The first kappa shape index (κ1) is 21.6. The smallest absolute Gasteiger partial charge is 0.339 e. The van der Waals surface area contributed by atoms with Gasteiger partial charge in [0.1, 0.15) is 11.3 Å². The Morgan fingerprint density at radius 1 is 1.10 bits per heavy atom. The molecule has 2 amide bonds. The van der Waals surface area contributed by atoms with Crippen molar-refractivity contribution < 1.29 is 24.2 Å². The van der Waals surface area contributed by atoms with Gasteiger partial charge < -0.3 is 15.2 Å². The number of carbonyl (C=O) groups is 3. The van der Waals surface area contributed by atoms with Gasteiger partial charge in [-0.15, -0.1) is 0 Å². The summed E-state index contributed by atoms with van der Waals surface area (Å²) < 4.78 is 4.97. The van der Waals surface area contributed by atoms with E-state index in [-0.39, 0.29) is 17.9 Å². The Bertz CT molecular complexity index is 920. The summed E-state index contributed by atoms with van der Waals surface area (Å²) in [6, 6.07) is 12.2. The second-order valence-electron chi connectivity index (χ2n) is 6.54. The monoisotopic (exact) mass is 397 g/mol. The van der Waals surface area contributed by atoms with E-state index in [0.29, 0.717) is 11.5 Å². The average molecular weight is 397 g/mol. The highest BCUT2D eigenvalue weighted by Crippen LogP contribution is 2.19. The zero-order valence-corrected chi connectivity index (χ0v) is 16.4. The van der Waals surface area contributed by atoms with Gasteiger partial charge >= 0.3 is 17.8 Å². The van der Waals surface area contributed by atoms with Crippen LogP contribution in [0.2, 0.25) is 0 Å². The molecule has 0 aliphatic rings. The fraction of sp³-hybridized carbons (Fsp3) is 0.238. The Labute approximate surface area is 168 Å². The van der Waals surface area contributed by atoms with E-state index in [2.05, 4.69) is 29.7 Å². The lowest BCUT2D eigenvalue weighted by Gasteiger charge is -2.08. The molecule has 29 heavy (non-hydrogen) atoms. The largest absolute Gasteiger partial charge is 0.496 e. The summed E-state index contributed by atoms with van der Waals surface area (Å²) in [5.74, 6) is -2.27. The first-order valence-corrected chi connectivity index (χ1v) is 8.93. The molecule has 0 atom stereocenters. The number of aromatic carboxylic acids is 1. The Kier molecular flexibility index (Phi) is 7.47. The number of ether oxygens (including phenoxy) is 1. The van der Waals surface area contributed by atoms with Crippen LogP contribution in [0.1, 0.15) is 46.8 Å². The second kappa shape index (κ2) is 10.0. The number of amides is 2. The molecule has 0 spiro atoms. The molecule has 8 nitrogen and oxygen atoms in total. The van der Waals surface area contributed by atoms with Crippen molar-refractivity contribution in [3.8, 4) is 5.75 Å². The van der Waals surface area contributed by atoms with Crippen molar-refractivity contribution in [3.05, 3.63) is 64.7 Å². The first-order valence-electron chi connectivity index (χ1n) is 8.93. The van der Waals surface area contributed by atoms with Gasteiger partial charge in [0.15, 0.2) is 0 Å². The predicted molar refractivity (Wildman–Crippen MR) is 108 cm³/mol. The van der Waals surface area contributed by atoms with Crippen LogP contribution in [-0.2, 0) is 16.1 Å². The van der Waals surface area contributed by atoms with Crippen molar-refractivity contribution in [2.75, 3.05) is 7.11 Å². The summed E-state index contributed by atoms with van der Waals surface area (Å²) in [6.07, 6.45) is 1.24. The summed E-state index contributed by atoms with van der Waals surface area (Å²) in [7, 11) is 1.37. The lowest BCUT2D eigenvalue weighted by Crippen LogP contribution is -2.37. The van der Waals surface area contributed by atoms with Crippen molar-refractivity contribution in [1.29, 1.82) is 0 Å². The summed E-state index contributed by atoms with van der Waals surface area (Å²) in [5, 5.41) is 15.4. The number of carbonyl (C=O) groups excluding carboxylic acids is 2. The number of benzene rings is 2. The lowest BCUT2D eigenvalue weighted by atomic mass is 10.0. The molecule has 152 valence electrons. The van der Waals surface area contributed by atoms with E-state index in [1.165, 1.54) is 31.0 Å². The minimum atomic E-state index is -1.15. The van der Waals surface area contributed by atoms with Crippen molar-refractivity contribution in [2.24, 2.45) is 5.10 Å². The summed E-state index contributed by atoms with van der Waals surface area (Å²) in [5.41, 5.74) is 4.56. The van der Waals surface area contributed by atoms with Crippen LogP contribution in [0.4, 0.5) is 0 Å². The molecule has 0 bridgehead atoms. The van der Waals surface area contributed by atoms with Crippen LogP contribution >= 0.6 is 0 Å². The number of carboxylic acid groups (broad SMARTS) is 1. The van der Waals surface area contributed by atoms with Gasteiger partial charge in [-0.25, -0.2) is 10.2 Å². The highest BCUT2D eigenvalue weighted by molar-refractivity contribution is 6.35. The predicted octanol–water partition coefficient (Wildman–Crippen LogP) is 2.28. The van der Waals surface area contributed by atoms with Crippen LogP contribution in [0.3, 0.4) is 0 Å². The van der Waals surface area contributed by atoms with Crippen molar-refractivity contribution >= 4 is 24.0 Å². The van der Waals surface area contributed by atoms with E-state index in [1.54, 1.807) is 6.07 Å². The van der Waals surface area contributed by atoms with Gasteiger partial charge in [0.05, 0.1) is 13.3 Å². The lowest BCUT2D eigenvalue weighted by molar-refractivity contribution is -0.139. The van der Waals surface area contributed by atoms with Gasteiger partial charge in [0.25, 0.3) is 0 Å². The Balaban J connectivity index is 1.89. The molecule has 0 aliphatic heterocycles. The third-order valence-electron chi connectivity index (χ3n) is 4.14. The van der Waals surface area contributed by atoms with E-state index in [1.807, 2.05) is 24.3 Å². The number of hydrogen-bond acceptors (Lipinski definition) is 5. The van der Waals surface area contributed by atoms with Gasteiger partial charge in [-0.05, 0) is 40.8 Å². The Hall–Kier alpha value is -3.68. The van der Waals surface area contributed by atoms with Crippen LogP contribution in [0.15, 0.2) is 47.6 Å². The normalized spacial score (nSPS) is 10.8. The minimum absolute atomic E-state index is 0.0380. The van der Waals surface area contributed by atoms with Gasteiger partial charge in [-0.2, -0.15) is 5.10 Å². The van der Waals surface area contributed by atoms with Crippen molar-refractivity contribution in [3.63, 3.8) is 0 Å². The molecule has 3 N–H and O–H groups in total. The van der Waals surface area contributed by atoms with E-state index >= 15 is 0 Å². The number of rotatable bonds is 7. The molecule has 2 rings (SSSR count). The molecular weight excluding hydrogens is 374 g/mol. The van der Waals surface area contributed by atoms with Gasteiger partial charge in [-0.3, -0.25) is 9.59 Å². The summed E-state index contributed by atoms with van der Waals surface area (Å²) in [6.45, 7) is 4.40. The number of hydrazone groups is 1. The third kappa shape index (κ3) is 6.17. The molecule has 0 heterocycles. The Morgan fingerprint density at radius 2 is 1.79 bits per heavy atom. The van der Waals surface area contributed by atoms with Crippen LogP contribution in [0, 0.1) is 0 Å². The molecular formula is C21H23N3O5. The Morgan fingerprint density at radius 3 is 2.38 bits per heavy atom. The van der Waals surface area contributed by atoms with E-state index < -0.39 is 17.8 Å². The SMILES string of the molecule is COc1ccc(/C=N\NC(=O)C(=O)NCc2ccc(C(C)C)cc2)cc1C(=O)O. The molecule has 0 fully saturated rings. The number of hydrogen-bond donors (Lipinski definition) is 3. The first-order chi connectivity index (χ1) is 13.8. The molecule has 0 unspecified atom stereocenters. The van der Waals surface area contributed by atoms with E-state index in [0.717, 1.165) is 5.56 Å². The highest BCUT2D eigenvalue weighted by Gasteiger charge is 2.13. The standard InChI is InChI=1S/C21H23N3O5/c1-13(2)16-7-4-14(5-8-16)11-22-19(25)20(26)24-23-12-15-6-9-18(29-3)17(10-15)21(27)28/h4-10,12-13H,11H2,1-3H3,(H,22,25)(H,24,26)(H,27,28)/b23-12-. The average Bonchev–Trinajstić information content (AvgIpc) is 2.71. The maximum atomic E-state index is 11.9. The summed E-state index contributed by atoms with van der Waals surface area (Å²) >= 11 is 0. The molecule has 0 saturated heterocycles. The highest BCUT2D eigenvalue weighted by atomic mass is 16.5. The molecule has 0 aliphatic carbocycles.